The number of aliphatic carboxylic acids is 1. The van der Waals surface area contributed by atoms with E-state index in [9.17, 15) is 19.2 Å². The molecule has 26 heavy (non-hydrogen) atoms. The Morgan fingerprint density at radius 2 is 2.00 bits per heavy atom. The summed E-state index contributed by atoms with van der Waals surface area (Å²) < 4.78 is 5.33. The fourth-order valence-corrected chi connectivity index (χ4v) is 3.66. The Kier molecular flexibility index (Phi) is 6.62. The third kappa shape index (κ3) is 4.75. The van der Waals surface area contributed by atoms with Gasteiger partial charge in [0, 0.05) is 19.1 Å². The summed E-state index contributed by atoms with van der Waals surface area (Å²) in [7, 11) is 0. The van der Waals surface area contributed by atoms with Crippen LogP contribution in [0.15, 0.2) is 24.3 Å². The maximum Gasteiger partial charge on any atom is 0.327 e. The van der Waals surface area contributed by atoms with Gasteiger partial charge in [0.1, 0.15) is 11.8 Å². The molecule has 0 spiro atoms. The van der Waals surface area contributed by atoms with E-state index in [-0.39, 0.29) is 18.1 Å². The maximum atomic E-state index is 12.5. The highest BCUT2D eigenvalue weighted by atomic mass is 32.2. The Morgan fingerprint density at radius 3 is 2.54 bits per heavy atom. The van der Waals surface area contributed by atoms with Crippen molar-refractivity contribution in [2.45, 2.75) is 31.6 Å². The van der Waals surface area contributed by atoms with Gasteiger partial charge in [-0.1, -0.05) is 0 Å². The van der Waals surface area contributed by atoms with E-state index in [1.165, 1.54) is 6.92 Å². The SMILES string of the molecule is CCOc1ccc(N2C(=O)C[C@H](SC[C@@H](NC(C)=O)C(=O)O)C2=O)cc1. The molecule has 9 heteroatoms. The molecule has 8 nitrogen and oxygen atoms in total. The summed E-state index contributed by atoms with van der Waals surface area (Å²) in [6.45, 7) is 3.59. The van der Waals surface area contributed by atoms with E-state index in [1.807, 2.05) is 6.92 Å². The first-order chi connectivity index (χ1) is 12.3. The second-order valence-electron chi connectivity index (χ2n) is 5.61. The topological polar surface area (TPSA) is 113 Å². The molecular weight excluding hydrogens is 360 g/mol. The second kappa shape index (κ2) is 8.70. The number of carbonyl (C=O) groups is 4. The summed E-state index contributed by atoms with van der Waals surface area (Å²) in [5, 5.41) is 10.7. The summed E-state index contributed by atoms with van der Waals surface area (Å²) in [6, 6.07) is 5.50. The minimum absolute atomic E-state index is 0.00425. The van der Waals surface area contributed by atoms with Crippen molar-refractivity contribution >= 4 is 41.1 Å². The summed E-state index contributed by atoms with van der Waals surface area (Å²) in [5.41, 5.74) is 0.447. The monoisotopic (exact) mass is 380 g/mol. The van der Waals surface area contributed by atoms with Crippen molar-refractivity contribution in [1.82, 2.24) is 5.32 Å². The minimum Gasteiger partial charge on any atom is -0.494 e. The van der Waals surface area contributed by atoms with E-state index in [0.29, 0.717) is 18.0 Å². The lowest BCUT2D eigenvalue weighted by Crippen LogP contribution is -2.42. The molecule has 0 saturated carbocycles. The lowest BCUT2D eigenvalue weighted by atomic mass is 10.3. The predicted octanol–water partition coefficient (Wildman–Crippen LogP) is 1.04. The molecule has 0 aromatic heterocycles. The molecule has 1 heterocycles. The average molecular weight is 380 g/mol. The van der Waals surface area contributed by atoms with Gasteiger partial charge in [-0.2, -0.15) is 0 Å². The number of nitrogens with zero attached hydrogens (tertiary/aromatic N) is 1. The molecule has 2 N–H and O–H groups in total. The van der Waals surface area contributed by atoms with E-state index < -0.39 is 29.1 Å². The van der Waals surface area contributed by atoms with Crippen LogP contribution in [0.4, 0.5) is 5.69 Å². The van der Waals surface area contributed by atoms with Crippen LogP contribution in [0.2, 0.25) is 0 Å². The van der Waals surface area contributed by atoms with Crippen molar-refractivity contribution < 1.29 is 29.0 Å². The smallest absolute Gasteiger partial charge is 0.327 e. The number of amides is 3. The third-order valence-electron chi connectivity index (χ3n) is 3.65. The van der Waals surface area contributed by atoms with Crippen molar-refractivity contribution in [2.24, 2.45) is 0 Å². The van der Waals surface area contributed by atoms with E-state index in [0.717, 1.165) is 16.7 Å². The molecule has 0 radical (unpaired) electrons. The lowest BCUT2D eigenvalue weighted by Gasteiger charge is -2.17. The first kappa shape index (κ1) is 19.8. The molecule has 0 bridgehead atoms. The molecule has 1 aliphatic heterocycles. The molecular formula is C17H20N2O6S. The van der Waals surface area contributed by atoms with Crippen LogP contribution >= 0.6 is 11.8 Å². The van der Waals surface area contributed by atoms with E-state index in [1.54, 1.807) is 24.3 Å². The number of thioether (sulfide) groups is 1. The summed E-state index contributed by atoms with van der Waals surface area (Å²) in [5.74, 6) is -1.76. The number of rotatable bonds is 8. The number of hydrogen-bond acceptors (Lipinski definition) is 6. The van der Waals surface area contributed by atoms with Crippen LogP contribution in [-0.2, 0) is 19.2 Å². The number of carboxylic acids is 1. The zero-order valence-corrected chi connectivity index (χ0v) is 15.2. The fraction of sp³-hybridized carbons (Fsp3) is 0.412. The summed E-state index contributed by atoms with van der Waals surface area (Å²) in [6.07, 6.45) is -0.0108. The van der Waals surface area contributed by atoms with Crippen molar-refractivity contribution in [3.8, 4) is 5.75 Å². The Hall–Kier alpha value is -2.55. The Bertz CT molecular complexity index is 706. The maximum absolute atomic E-state index is 12.5. The van der Waals surface area contributed by atoms with Gasteiger partial charge in [-0.25, -0.2) is 9.69 Å². The molecule has 1 aliphatic rings. The van der Waals surface area contributed by atoms with Crippen LogP contribution < -0.4 is 15.0 Å². The highest BCUT2D eigenvalue weighted by molar-refractivity contribution is 8.00. The van der Waals surface area contributed by atoms with Gasteiger partial charge in [0.2, 0.25) is 17.7 Å². The standard InChI is InChI=1S/C17H20N2O6S/c1-3-25-12-6-4-11(5-7-12)19-15(21)8-14(16(19)22)26-9-13(17(23)24)18-10(2)20/h4-7,13-14H,3,8-9H2,1-2H3,(H,18,20)(H,23,24)/t13-,14+/m1/s1. The number of hydrogen-bond donors (Lipinski definition) is 2. The largest absolute Gasteiger partial charge is 0.494 e. The highest BCUT2D eigenvalue weighted by Gasteiger charge is 2.40. The van der Waals surface area contributed by atoms with Gasteiger partial charge in [-0.3, -0.25) is 14.4 Å². The van der Waals surface area contributed by atoms with Crippen LogP contribution in [0.25, 0.3) is 0 Å². The van der Waals surface area contributed by atoms with Crippen LogP contribution in [0.5, 0.6) is 5.75 Å². The van der Waals surface area contributed by atoms with Gasteiger partial charge in [0.05, 0.1) is 17.5 Å². The number of ether oxygens (including phenoxy) is 1. The van der Waals surface area contributed by atoms with Gasteiger partial charge < -0.3 is 15.2 Å². The Balaban J connectivity index is 2.03. The molecule has 140 valence electrons. The van der Waals surface area contributed by atoms with E-state index in [4.69, 9.17) is 9.84 Å². The number of carbonyl (C=O) groups excluding carboxylic acids is 3. The molecule has 1 aromatic rings. The number of carboxylic acid groups (broad SMARTS) is 1. The first-order valence-corrected chi connectivity index (χ1v) is 9.09. The minimum atomic E-state index is -1.19. The average Bonchev–Trinajstić information content (AvgIpc) is 2.86. The summed E-state index contributed by atoms with van der Waals surface area (Å²) >= 11 is 1.05. The fourth-order valence-electron chi connectivity index (χ4n) is 2.50. The van der Waals surface area contributed by atoms with Crippen LogP contribution in [0, 0.1) is 0 Å². The van der Waals surface area contributed by atoms with E-state index in [2.05, 4.69) is 5.32 Å². The van der Waals surface area contributed by atoms with Crippen LogP contribution in [0.3, 0.4) is 0 Å². The normalized spacial score (nSPS) is 17.9. The first-order valence-electron chi connectivity index (χ1n) is 8.04. The molecule has 1 fully saturated rings. The van der Waals surface area contributed by atoms with Crippen molar-refractivity contribution in [3.63, 3.8) is 0 Å². The van der Waals surface area contributed by atoms with Crippen molar-refractivity contribution in [3.05, 3.63) is 24.3 Å². The van der Waals surface area contributed by atoms with Gasteiger partial charge in [0.15, 0.2) is 0 Å². The number of imide groups is 1. The van der Waals surface area contributed by atoms with Crippen molar-refractivity contribution in [2.75, 3.05) is 17.3 Å². The molecule has 0 unspecified atom stereocenters. The zero-order chi connectivity index (χ0) is 19.3. The number of anilines is 1. The quantitative estimate of drug-likeness (QED) is 0.648. The molecule has 0 aliphatic carbocycles. The number of benzene rings is 1. The Morgan fingerprint density at radius 1 is 1.35 bits per heavy atom. The van der Waals surface area contributed by atoms with Crippen LogP contribution in [-0.4, -0.2) is 52.4 Å². The zero-order valence-electron chi connectivity index (χ0n) is 14.4. The predicted molar refractivity (Wildman–Crippen MR) is 96.2 cm³/mol. The third-order valence-corrected chi connectivity index (χ3v) is 4.95. The molecule has 2 atom stereocenters. The van der Waals surface area contributed by atoms with E-state index >= 15 is 0 Å². The van der Waals surface area contributed by atoms with Crippen molar-refractivity contribution in [1.29, 1.82) is 0 Å². The molecule has 3 amide bonds. The summed E-state index contributed by atoms with van der Waals surface area (Å²) in [4.78, 5) is 48.1. The lowest BCUT2D eigenvalue weighted by molar-refractivity contribution is -0.140. The second-order valence-corrected chi connectivity index (χ2v) is 6.85. The molecule has 2 rings (SSSR count). The molecule has 1 saturated heterocycles. The van der Waals surface area contributed by atoms with Gasteiger partial charge in [-0.15, -0.1) is 11.8 Å². The van der Waals surface area contributed by atoms with Crippen LogP contribution in [0.1, 0.15) is 20.3 Å². The molecule has 1 aromatic carbocycles. The van der Waals surface area contributed by atoms with Gasteiger partial charge >= 0.3 is 5.97 Å². The Labute approximate surface area is 154 Å². The van der Waals surface area contributed by atoms with Gasteiger partial charge in [0.25, 0.3) is 0 Å². The van der Waals surface area contributed by atoms with Gasteiger partial charge in [-0.05, 0) is 31.2 Å². The number of nitrogens with one attached hydrogen (secondary N) is 1. The highest BCUT2D eigenvalue weighted by Crippen LogP contribution is 2.31.